The van der Waals surface area contributed by atoms with Crippen LogP contribution in [0.3, 0.4) is 0 Å². The molecule has 1 aromatic carbocycles. The van der Waals surface area contributed by atoms with Crippen LogP contribution in [0.15, 0.2) is 33.8 Å². The van der Waals surface area contributed by atoms with Crippen LogP contribution in [0, 0.1) is 11.6 Å². The minimum Gasteiger partial charge on any atom is -0.359 e. The van der Waals surface area contributed by atoms with Crippen molar-refractivity contribution in [3.05, 3.63) is 52.9 Å². The molecule has 0 aliphatic carbocycles. The monoisotopic (exact) mass is 492 g/mol. The molecule has 1 atom stereocenters. The van der Waals surface area contributed by atoms with Crippen molar-refractivity contribution in [2.45, 2.75) is 52.1 Å². The number of hydrogen-bond acceptors (Lipinski definition) is 3. The first kappa shape index (κ1) is 23.3. The number of benzene rings is 1. The third-order valence-electron chi connectivity index (χ3n) is 4.42. The lowest BCUT2D eigenvalue weighted by atomic mass is 9.99. The average Bonchev–Trinajstić information content (AvgIpc) is 3.08. The van der Waals surface area contributed by atoms with E-state index in [1.807, 2.05) is 6.07 Å². The van der Waals surface area contributed by atoms with E-state index in [1.54, 1.807) is 14.0 Å². The minimum atomic E-state index is -0.598. The Labute approximate surface area is 176 Å². The van der Waals surface area contributed by atoms with Crippen LogP contribution in [0.5, 0.6) is 0 Å². The fourth-order valence-electron chi connectivity index (χ4n) is 2.81. The van der Waals surface area contributed by atoms with Crippen molar-refractivity contribution in [1.29, 1.82) is 0 Å². The molecule has 2 rings (SSSR count). The van der Waals surface area contributed by atoms with Gasteiger partial charge >= 0.3 is 0 Å². The van der Waals surface area contributed by atoms with Crippen molar-refractivity contribution in [3.63, 3.8) is 0 Å². The van der Waals surface area contributed by atoms with E-state index in [0.717, 1.165) is 24.6 Å². The largest absolute Gasteiger partial charge is 0.359 e. The standard InChI is InChI=1S/C19H26F2N4O.HI/c1-5-13(6-2)18-10-15(26-25-18)11-23-19(22-4)24-12(3)16-8-7-14(20)9-17(16)21;/h7-10,12-13H,5-6,11H2,1-4H3,(H2,22,23,24);1H. The molecule has 0 spiro atoms. The second-order valence-corrected chi connectivity index (χ2v) is 6.19. The summed E-state index contributed by atoms with van der Waals surface area (Å²) in [7, 11) is 1.62. The Morgan fingerprint density at radius 3 is 2.52 bits per heavy atom. The normalized spacial score (nSPS) is 12.6. The summed E-state index contributed by atoms with van der Waals surface area (Å²) in [6.07, 6.45) is 2.03. The zero-order valence-corrected chi connectivity index (χ0v) is 18.4. The Morgan fingerprint density at radius 1 is 1.22 bits per heavy atom. The van der Waals surface area contributed by atoms with Gasteiger partial charge < -0.3 is 15.2 Å². The van der Waals surface area contributed by atoms with E-state index in [-0.39, 0.29) is 30.0 Å². The van der Waals surface area contributed by atoms with E-state index in [0.29, 0.717) is 29.7 Å². The molecule has 0 aliphatic rings. The summed E-state index contributed by atoms with van der Waals surface area (Å²) in [5.41, 5.74) is 1.32. The fraction of sp³-hybridized carbons (Fsp3) is 0.474. The molecule has 0 radical (unpaired) electrons. The highest BCUT2D eigenvalue weighted by molar-refractivity contribution is 14.0. The Morgan fingerprint density at radius 2 is 1.93 bits per heavy atom. The maximum absolute atomic E-state index is 13.9. The lowest BCUT2D eigenvalue weighted by Gasteiger charge is -2.18. The molecule has 0 fully saturated rings. The molecule has 0 saturated carbocycles. The highest BCUT2D eigenvalue weighted by Crippen LogP contribution is 2.22. The van der Waals surface area contributed by atoms with Crippen molar-refractivity contribution in [2.75, 3.05) is 7.05 Å². The van der Waals surface area contributed by atoms with E-state index in [2.05, 4.69) is 34.6 Å². The molecule has 0 amide bonds. The molecule has 1 unspecified atom stereocenters. The Bertz CT molecular complexity index is 747. The Hall–Kier alpha value is -1.71. The van der Waals surface area contributed by atoms with Gasteiger partial charge in [0, 0.05) is 30.7 Å². The van der Waals surface area contributed by atoms with Gasteiger partial charge in [-0.1, -0.05) is 25.1 Å². The smallest absolute Gasteiger partial charge is 0.191 e. The summed E-state index contributed by atoms with van der Waals surface area (Å²) in [6, 6.07) is 5.10. The maximum atomic E-state index is 13.9. The third kappa shape index (κ3) is 6.44. The first-order valence-electron chi connectivity index (χ1n) is 8.86. The molecule has 2 aromatic rings. The molecule has 0 saturated heterocycles. The van der Waals surface area contributed by atoms with Gasteiger partial charge in [0.2, 0.25) is 0 Å². The van der Waals surface area contributed by atoms with Crippen molar-refractivity contribution in [2.24, 2.45) is 4.99 Å². The molecule has 150 valence electrons. The van der Waals surface area contributed by atoms with Gasteiger partial charge in [0.1, 0.15) is 11.6 Å². The maximum Gasteiger partial charge on any atom is 0.191 e. The van der Waals surface area contributed by atoms with Gasteiger partial charge in [-0.3, -0.25) is 4.99 Å². The number of aliphatic imine (C=N–C) groups is 1. The molecular formula is C19H27F2IN4O. The van der Waals surface area contributed by atoms with Crippen molar-refractivity contribution in [1.82, 2.24) is 15.8 Å². The van der Waals surface area contributed by atoms with Gasteiger partial charge in [0.15, 0.2) is 11.7 Å². The Kier molecular flexibility index (Phi) is 9.68. The molecule has 1 aromatic heterocycles. The SMILES string of the molecule is CCC(CC)c1cc(CNC(=NC)NC(C)c2ccc(F)cc2F)on1.I. The average molecular weight is 492 g/mol. The molecule has 0 aliphatic heterocycles. The molecule has 0 bridgehead atoms. The Balaban J connectivity index is 0.00000364. The van der Waals surface area contributed by atoms with Crippen LogP contribution < -0.4 is 10.6 Å². The molecule has 8 heteroatoms. The van der Waals surface area contributed by atoms with Gasteiger partial charge in [0.05, 0.1) is 18.3 Å². The van der Waals surface area contributed by atoms with Gasteiger partial charge in [-0.05, 0) is 25.8 Å². The second-order valence-electron chi connectivity index (χ2n) is 6.19. The van der Waals surface area contributed by atoms with Crippen LogP contribution >= 0.6 is 24.0 Å². The van der Waals surface area contributed by atoms with Crippen molar-refractivity contribution in [3.8, 4) is 0 Å². The number of nitrogens with one attached hydrogen (secondary N) is 2. The number of rotatable bonds is 7. The highest BCUT2D eigenvalue weighted by atomic mass is 127. The summed E-state index contributed by atoms with van der Waals surface area (Å²) in [5.74, 6) is 0.397. The summed E-state index contributed by atoms with van der Waals surface area (Å²) in [6.45, 7) is 6.44. The van der Waals surface area contributed by atoms with E-state index >= 15 is 0 Å². The topological polar surface area (TPSA) is 62.5 Å². The quantitative estimate of drug-likeness (QED) is 0.328. The summed E-state index contributed by atoms with van der Waals surface area (Å²) in [4.78, 5) is 4.13. The van der Waals surface area contributed by atoms with E-state index in [1.165, 1.54) is 12.1 Å². The number of guanidine groups is 1. The third-order valence-corrected chi connectivity index (χ3v) is 4.42. The summed E-state index contributed by atoms with van der Waals surface area (Å²) >= 11 is 0. The first-order valence-corrected chi connectivity index (χ1v) is 8.86. The second kappa shape index (κ2) is 11.2. The van der Waals surface area contributed by atoms with Crippen LogP contribution in [-0.2, 0) is 6.54 Å². The van der Waals surface area contributed by atoms with Crippen LogP contribution in [0.2, 0.25) is 0 Å². The molecule has 2 N–H and O–H groups in total. The van der Waals surface area contributed by atoms with Crippen LogP contribution in [0.25, 0.3) is 0 Å². The van der Waals surface area contributed by atoms with Crippen LogP contribution in [-0.4, -0.2) is 18.2 Å². The predicted octanol–water partition coefficient (Wildman–Crippen LogP) is 4.90. The van der Waals surface area contributed by atoms with Gasteiger partial charge in [-0.2, -0.15) is 0 Å². The van der Waals surface area contributed by atoms with Crippen molar-refractivity contribution < 1.29 is 13.3 Å². The number of halogens is 3. The predicted molar refractivity (Wildman–Crippen MR) is 113 cm³/mol. The number of aromatic nitrogens is 1. The van der Waals surface area contributed by atoms with E-state index in [4.69, 9.17) is 4.52 Å². The highest BCUT2D eigenvalue weighted by Gasteiger charge is 2.15. The summed E-state index contributed by atoms with van der Waals surface area (Å²) in [5, 5.41) is 10.3. The minimum absolute atomic E-state index is 0. The van der Waals surface area contributed by atoms with Gasteiger partial charge in [0.25, 0.3) is 0 Å². The zero-order chi connectivity index (χ0) is 19.1. The van der Waals surface area contributed by atoms with Crippen LogP contribution in [0.4, 0.5) is 8.78 Å². The zero-order valence-electron chi connectivity index (χ0n) is 16.1. The first-order chi connectivity index (χ1) is 12.5. The number of hydrogen-bond donors (Lipinski definition) is 2. The van der Waals surface area contributed by atoms with E-state index in [9.17, 15) is 8.78 Å². The van der Waals surface area contributed by atoms with Gasteiger partial charge in [-0.25, -0.2) is 8.78 Å². The fourth-order valence-corrected chi connectivity index (χ4v) is 2.81. The molecule has 1 heterocycles. The van der Waals surface area contributed by atoms with Gasteiger partial charge in [-0.15, -0.1) is 24.0 Å². The number of nitrogens with zero attached hydrogens (tertiary/aromatic N) is 2. The lowest BCUT2D eigenvalue weighted by Crippen LogP contribution is -2.38. The summed E-state index contributed by atoms with van der Waals surface area (Å²) < 4.78 is 32.3. The van der Waals surface area contributed by atoms with E-state index < -0.39 is 11.6 Å². The molecule has 27 heavy (non-hydrogen) atoms. The van der Waals surface area contributed by atoms with Crippen LogP contribution in [0.1, 0.15) is 62.6 Å². The van der Waals surface area contributed by atoms with Crippen molar-refractivity contribution >= 4 is 29.9 Å². The molecular weight excluding hydrogens is 465 g/mol. The molecule has 5 nitrogen and oxygen atoms in total. The lowest BCUT2D eigenvalue weighted by molar-refractivity contribution is 0.368.